The molecule has 1 aliphatic rings. The average molecular weight is 414 g/mol. The van der Waals surface area contributed by atoms with Gasteiger partial charge in [-0.3, -0.25) is 4.79 Å². The van der Waals surface area contributed by atoms with Crippen LogP contribution in [0.3, 0.4) is 0 Å². The van der Waals surface area contributed by atoms with Crippen molar-refractivity contribution in [2.75, 3.05) is 0 Å². The van der Waals surface area contributed by atoms with E-state index >= 15 is 0 Å². The third-order valence-corrected chi connectivity index (χ3v) is 6.92. The lowest BCUT2D eigenvalue weighted by atomic mass is 9.72. The maximum absolute atomic E-state index is 13.2. The predicted molar refractivity (Wildman–Crippen MR) is 127 cm³/mol. The molecule has 0 N–H and O–H groups in total. The summed E-state index contributed by atoms with van der Waals surface area (Å²) in [4.78, 5) is 13.2. The van der Waals surface area contributed by atoms with Crippen LogP contribution in [-0.2, 0) is 20.5 Å². The molecule has 0 radical (unpaired) electrons. The van der Waals surface area contributed by atoms with Gasteiger partial charge in [-0.05, 0) is 64.3 Å². The Bertz CT molecular complexity index is 638. The van der Waals surface area contributed by atoms with Gasteiger partial charge in [0.25, 0.3) is 0 Å². The molecule has 0 saturated carbocycles. The van der Waals surface area contributed by atoms with Crippen molar-refractivity contribution < 1.29 is 14.1 Å². The van der Waals surface area contributed by atoms with Gasteiger partial charge in [-0.25, -0.2) is 0 Å². The third kappa shape index (κ3) is 7.53. The number of rotatable bonds is 12. The Balaban J connectivity index is 1.96. The topological polar surface area (TPSA) is 35.5 Å². The molecule has 0 aliphatic carbocycles. The van der Waals surface area contributed by atoms with Crippen molar-refractivity contribution in [2.45, 2.75) is 105 Å². The van der Waals surface area contributed by atoms with Crippen molar-refractivity contribution in [1.29, 1.82) is 0 Å². The molecule has 1 aromatic rings. The fourth-order valence-electron chi connectivity index (χ4n) is 4.13. The Labute approximate surface area is 185 Å². The summed E-state index contributed by atoms with van der Waals surface area (Å²) < 4.78 is 12.4. The summed E-state index contributed by atoms with van der Waals surface area (Å²) in [6.45, 7) is 15.1. The van der Waals surface area contributed by atoms with Gasteiger partial charge in [0, 0.05) is 12.3 Å². The summed E-state index contributed by atoms with van der Waals surface area (Å²) in [7, 11) is -0.323. The minimum Gasteiger partial charge on any atom is -0.403 e. The molecule has 1 heterocycles. The molecule has 2 unspecified atom stereocenters. The second-order valence-corrected chi connectivity index (χ2v) is 10.7. The van der Waals surface area contributed by atoms with Gasteiger partial charge >= 0.3 is 7.12 Å². The molecule has 1 aliphatic heterocycles. The average Bonchev–Trinajstić information content (AvgIpc) is 2.86. The van der Waals surface area contributed by atoms with Crippen LogP contribution in [0.1, 0.15) is 86.1 Å². The molecule has 0 aromatic heterocycles. The molecule has 30 heavy (non-hydrogen) atoms. The summed E-state index contributed by atoms with van der Waals surface area (Å²) >= 11 is 0. The molecule has 0 amide bonds. The quantitative estimate of drug-likeness (QED) is 0.355. The first-order valence-electron chi connectivity index (χ1n) is 11.9. The Kier molecular flexibility index (Phi) is 9.18. The standard InChI is InChI=1S/C26H43BO3/c1-20(2)12-11-13-21(3)16-17-24(28)23(18-22-14-9-8-10-15-22)19-27-29-25(4,5)26(6,7)30-27/h8-10,14-15,20-21,23H,11-13,16-19H2,1-7H3. The smallest absolute Gasteiger partial charge is 0.403 e. The number of carbonyl (C=O) groups is 1. The van der Waals surface area contributed by atoms with Gasteiger partial charge in [0.15, 0.2) is 0 Å². The molecule has 168 valence electrons. The molecule has 4 heteroatoms. The summed E-state index contributed by atoms with van der Waals surface area (Å²) in [5.41, 5.74) is 0.489. The van der Waals surface area contributed by atoms with Gasteiger partial charge in [-0.15, -0.1) is 0 Å². The molecule has 3 nitrogen and oxygen atoms in total. The van der Waals surface area contributed by atoms with Gasteiger partial charge in [-0.1, -0.05) is 70.4 Å². The van der Waals surface area contributed by atoms with Gasteiger partial charge in [0.2, 0.25) is 0 Å². The van der Waals surface area contributed by atoms with E-state index in [4.69, 9.17) is 9.31 Å². The first kappa shape index (κ1) is 25.1. The Morgan fingerprint density at radius 2 is 1.53 bits per heavy atom. The van der Waals surface area contributed by atoms with Crippen LogP contribution < -0.4 is 0 Å². The largest absolute Gasteiger partial charge is 0.458 e. The van der Waals surface area contributed by atoms with Crippen LogP contribution in [0.5, 0.6) is 0 Å². The monoisotopic (exact) mass is 414 g/mol. The highest BCUT2D eigenvalue weighted by atomic mass is 16.7. The van der Waals surface area contributed by atoms with Gasteiger partial charge in [0.1, 0.15) is 5.78 Å². The van der Waals surface area contributed by atoms with Crippen LogP contribution >= 0.6 is 0 Å². The molecule has 0 bridgehead atoms. The van der Waals surface area contributed by atoms with Crippen molar-refractivity contribution >= 4 is 12.9 Å². The number of carbonyl (C=O) groups excluding carboxylic acids is 1. The number of hydrogen-bond acceptors (Lipinski definition) is 3. The lowest BCUT2D eigenvalue weighted by Gasteiger charge is -2.32. The fraction of sp³-hybridized carbons (Fsp3) is 0.731. The predicted octanol–water partition coefficient (Wildman–Crippen LogP) is 6.75. The van der Waals surface area contributed by atoms with Gasteiger partial charge in [0.05, 0.1) is 11.2 Å². The van der Waals surface area contributed by atoms with E-state index in [-0.39, 0.29) is 24.2 Å². The second kappa shape index (κ2) is 11.0. The van der Waals surface area contributed by atoms with Gasteiger partial charge < -0.3 is 9.31 Å². The minimum absolute atomic E-state index is 0.0648. The fourth-order valence-corrected chi connectivity index (χ4v) is 4.13. The second-order valence-electron chi connectivity index (χ2n) is 10.7. The lowest BCUT2D eigenvalue weighted by molar-refractivity contribution is -0.122. The van der Waals surface area contributed by atoms with Crippen LogP contribution in [0.25, 0.3) is 0 Å². The Morgan fingerprint density at radius 3 is 2.10 bits per heavy atom. The molecule has 2 atom stereocenters. The Morgan fingerprint density at radius 1 is 0.933 bits per heavy atom. The third-order valence-electron chi connectivity index (χ3n) is 6.92. The molecule has 1 fully saturated rings. The SMILES string of the molecule is CC(C)CCCC(C)CCC(=O)C(CB1OC(C)(C)C(C)(C)O1)Cc1ccccc1. The van der Waals surface area contributed by atoms with E-state index in [9.17, 15) is 4.79 Å². The highest BCUT2D eigenvalue weighted by Crippen LogP contribution is 2.39. The van der Waals surface area contributed by atoms with E-state index in [2.05, 4.69) is 60.6 Å². The molecule has 1 aromatic carbocycles. The summed E-state index contributed by atoms with van der Waals surface area (Å²) in [6.07, 6.45) is 6.76. The maximum Gasteiger partial charge on any atom is 0.458 e. The minimum atomic E-state index is -0.358. The first-order valence-corrected chi connectivity index (χ1v) is 11.9. The molecular weight excluding hydrogens is 371 g/mol. The zero-order valence-electron chi connectivity index (χ0n) is 20.4. The van der Waals surface area contributed by atoms with E-state index < -0.39 is 0 Å². The number of ketones is 1. The van der Waals surface area contributed by atoms with E-state index in [0.717, 1.165) is 18.8 Å². The van der Waals surface area contributed by atoms with Crippen molar-refractivity contribution in [3.05, 3.63) is 35.9 Å². The van der Waals surface area contributed by atoms with Crippen molar-refractivity contribution in [2.24, 2.45) is 17.8 Å². The highest BCUT2D eigenvalue weighted by molar-refractivity contribution is 6.46. The number of hydrogen-bond donors (Lipinski definition) is 0. The molecule has 1 saturated heterocycles. The zero-order chi connectivity index (χ0) is 22.4. The maximum atomic E-state index is 13.2. The molecule has 2 rings (SSSR count). The van der Waals surface area contributed by atoms with E-state index in [1.54, 1.807) is 0 Å². The first-order chi connectivity index (χ1) is 14.0. The van der Waals surface area contributed by atoms with E-state index in [1.807, 2.05) is 18.2 Å². The van der Waals surface area contributed by atoms with E-state index in [0.29, 0.717) is 24.4 Å². The van der Waals surface area contributed by atoms with Gasteiger partial charge in [-0.2, -0.15) is 0 Å². The summed E-state index contributed by atoms with van der Waals surface area (Å²) in [5, 5.41) is 0. The number of Topliss-reactive ketones (excluding diaryl/α,β-unsaturated/α-hetero) is 1. The van der Waals surface area contributed by atoms with Crippen molar-refractivity contribution in [3.63, 3.8) is 0 Å². The van der Waals surface area contributed by atoms with Crippen LogP contribution in [0.2, 0.25) is 6.32 Å². The summed E-state index contributed by atoms with van der Waals surface area (Å²) in [5.74, 6) is 1.64. The van der Waals surface area contributed by atoms with E-state index in [1.165, 1.54) is 24.8 Å². The normalized spacial score (nSPS) is 19.8. The summed E-state index contributed by atoms with van der Waals surface area (Å²) in [6, 6.07) is 10.3. The van der Waals surface area contributed by atoms with Crippen LogP contribution in [-0.4, -0.2) is 24.1 Å². The zero-order valence-corrected chi connectivity index (χ0v) is 20.4. The van der Waals surface area contributed by atoms with Crippen LogP contribution in [0, 0.1) is 17.8 Å². The Hall–Kier alpha value is -1.13. The molecular formula is C26H43BO3. The van der Waals surface area contributed by atoms with Crippen LogP contribution in [0.4, 0.5) is 0 Å². The van der Waals surface area contributed by atoms with Crippen molar-refractivity contribution in [3.8, 4) is 0 Å². The lowest BCUT2D eigenvalue weighted by Crippen LogP contribution is -2.41. The molecule has 0 spiro atoms. The van der Waals surface area contributed by atoms with Crippen LogP contribution in [0.15, 0.2) is 30.3 Å². The highest BCUT2D eigenvalue weighted by Gasteiger charge is 2.51. The van der Waals surface area contributed by atoms with Crippen molar-refractivity contribution in [1.82, 2.24) is 0 Å². The number of benzene rings is 1.